The molecule has 14 heavy (non-hydrogen) atoms. The maximum Gasteiger partial charge on any atom is 0.281 e. The van der Waals surface area contributed by atoms with Crippen molar-refractivity contribution in [2.75, 3.05) is 5.73 Å². The number of hydrogen-bond donors (Lipinski definition) is 1. The molecule has 0 aromatic heterocycles. The third-order valence-corrected chi connectivity index (χ3v) is 2.63. The summed E-state index contributed by atoms with van der Waals surface area (Å²) in [5.74, 6) is -0.361. The minimum absolute atomic E-state index is 0.0490. The number of carbonyl (C=O) groups excluding carboxylic acids is 1. The van der Waals surface area contributed by atoms with Gasteiger partial charge in [-0.2, -0.15) is 0 Å². The van der Waals surface area contributed by atoms with Crippen molar-refractivity contribution in [3.63, 3.8) is 0 Å². The van der Waals surface area contributed by atoms with Gasteiger partial charge >= 0.3 is 0 Å². The van der Waals surface area contributed by atoms with Crippen LogP contribution in [0.2, 0.25) is 0 Å². The first-order chi connectivity index (χ1) is 6.43. The molecule has 5 nitrogen and oxygen atoms in total. The molecule has 74 valence electrons. The fourth-order valence-corrected chi connectivity index (χ4v) is 1.46. The number of nitro groups is 1. The summed E-state index contributed by atoms with van der Waals surface area (Å²) in [5, 5.41) is 10.6. The maximum absolute atomic E-state index is 11.1. The summed E-state index contributed by atoms with van der Waals surface area (Å²) < 4.78 is 0.569. The highest BCUT2D eigenvalue weighted by atomic mass is 127. The molecule has 1 aromatic rings. The Morgan fingerprint density at radius 2 is 2.14 bits per heavy atom. The predicted molar refractivity (Wildman–Crippen MR) is 60.2 cm³/mol. The van der Waals surface area contributed by atoms with Gasteiger partial charge in [-0.3, -0.25) is 14.9 Å². The lowest BCUT2D eigenvalue weighted by atomic mass is 10.1. The second-order valence-electron chi connectivity index (χ2n) is 2.70. The summed E-state index contributed by atoms with van der Waals surface area (Å²) in [5.41, 5.74) is 5.77. The van der Waals surface area contributed by atoms with Crippen LogP contribution in [-0.2, 0) is 0 Å². The van der Waals surface area contributed by atoms with Crippen LogP contribution < -0.4 is 5.73 Å². The van der Waals surface area contributed by atoms with E-state index in [0.717, 1.165) is 0 Å². The number of hydrogen-bond acceptors (Lipinski definition) is 4. The highest BCUT2D eigenvalue weighted by Crippen LogP contribution is 2.26. The van der Waals surface area contributed by atoms with E-state index in [4.69, 9.17) is 5.73 Å². The summed E-state index contributed by atoms with van der Waals surface area (Å²) >= 11 is 1.88. The number of nitrogens with two attached hydrogens (primary N) is 1. The van der Waals surface area contributed by atoms with Gasteiger partial charge in [-0.25, -0.2) is 0 Å². The standard InChI is InChI=1S/C8H7IN2O3/c1-4(12)5-2-7(10)6(9)3-8(5)11(13)14/h2-3H,10H2,1H3. The van der Waals surface area contributed by atoms with Crippen molar-refractivity contribution in [1.82, 2.24) is 0 Å². The Morgan fingerprint density at radius 3 is 2.57 bits per heavy atom. The number of carbonyl (C=O) groups is 1. The minimum Gasteiger partial charge on any atom is -0.398 e. The second-order valence-corrected chi connectivity index (χ2v) is 3.87. The first kappa shape index (κ1) is 10.9. The number of nitrogens with zero attached hydrogens (tertiary/aromatic N) is 1. The van der Waals surface area contributed by atoms with Crippen LogP contribution in [0, 0.1) is 13.7 Å². The van der Waals surface area contributed by atoms with Crippen molar-refractivity contribution in [1.29, 1.82) is 0 Å². The minimum atomic E-state index is -0.585. The molecule has 0 aliphatic carbocycles. The van der Waals surface area contributed by atoms with E-state index in [-0.39, 0.29) is 17.0 Å². The Hall–Kier alpha value is -1.18. The third-order valence-electron chi connectivity index (χ3n) is 1.69. The van der Waals surface area contributed by atoms with Gasteiger partial charge in [0.05, 0.1) is 10.5 Å². The van der Waals surface area contributed by atoms with Crippen LogP contribution in [0.4, 0.5) is 11.4 Å². The zero-order valence-electron chi connectivity index (χ0n) is 7.28. The van der Waals surface area contributed by atoms with Crippen LogP contribution in [-0.4, -0.2) is 10.7 Å². The molecule has 0 aliphatic rings. The van der Waals surface area contributed by atoms with Crippen LogP contribution in [0.25, 0.3) is 0 Å². The largest absolute Gasteiger partial charge is 0.398 e. The van der Waals surface area contributed by atoms with Gasteiger partial charge < -0.3 is 5.73 Å². The molecule has 0 fully saturated rings. The predicted octanol–water partition coefficient (Wildman–Crippen LogP) is 1.98. The van der Waals surface area contributed by atoms with Gasteiger partial charge in [0.15, 0.2) is 5.78 Å². The summed E-state index contributed by atoms with van der Waals surface area (Å²) in [6, 6.07) is 2.63. The third kappa shape index (κ3) is 2.00. The van der Waals surface area contributed by atoms with Crippen LogP contribution >= 0.6 is 22.6 Å². The smallest absolute Gasteiger partial charge is 0.281 e. The summed E-state index contributed by atoms with van der Waals surface area (Å²) in [7, 11) is 0. The molecule has 0 radical (unpaired) electrons. The summed E-state index contributed by atoms with van der Waals surface area (Å²) in [6.45, 7) is 1.27. The fourth-order valence-electron chi connectivity index (χ4n) is 1.01. The maximum atomic E-state index is 11.1. The molecule has 0 spiro atoms. The van der Waals surface area contributed by atoms with Gasteiger partial charge in [-0.1, -0.05) is 0 Å². The van der Waals surface area contributed by atoms with E-state index in [9.17, 15) is 14.9 Å². The van der Waals surface area contributed by atoms with E-state index in [2.05, 4.69) is 0 Å². The first-order valence-corrected chi connectivity index (χ1v) is 4.75. The van der Waals surface area contributed by atoms with Crippen molar-refractivity contribution in [3.05, 3.63) is 31.4 Å². The number of anilines is 1. The lowest BCUT2D eigenvalue weighted by Crippen LogP contribution is -2.03. The first-order valence-electron chi connectivity index (χ1n) is 3.68. The van der Waals surface area contributed by atoms with E-state index < -0.39 is 4.92 Å². The number of ketones is 1. The zero-order valence-corrected chi connectivity index (χ0v) is 9.44. The quantitative estimate of drug-likeness (QED) is 0.298. The Balaban J connectivity index is 3.46. The number of benzene rings is 1. The number of nitro benzene ring substituents is 1. The van der Waals surface area contributed by atoms with Gasteiger partial charge in [0.1, 0.15) is 0 Å². The monoisotopic (exact) mass is 306 g/mol. The molecule has 0 amide bonds. The van der Waals surface area contributed by atoms with Crippen molar-refractivity contribution in [2.24, 2.45) is 0 Å². The Bertz CT molecular complexity index is 378. The zero-order chi connectivity index (χ0) is 10.9. The van der Waals surface area contributed by atoms with Crippen molar-refractivity contribution in [3.8, 4) is 0 Å². The molecule has 0 unspecified atom stereocenters. The van der Waals surface area contributed by atoms with E-state index in [1.807, 2.05) is 22.6 Å². The molecule has 6 heteroatoms. The van der Waals surface area contributed by atoms with Crippen LogP contribution in [0.5, 0.6) is 0 Å². The lowest BCUT2D eigenvalue weighted by molar-refractivity contribution is -0.385. The Labute approximate surface area is 93.6 Å². The van der Waals surface area contributed by atoms with Crippen LogP contribution in [0.1, 0.15) is 17.3 Å². The van der Waals surface area contributed by atoms with E-state index in [0.29, 0.717) is 9.26 Å². The van der Waals surface area contributed by atoms with Gasteiger partial charge in [-0.15, -0.1) is 0 Å². The number of Topliss-reactive ketones (excluding diaryl/α,β-unsaturated/α-hetero) is 1. The van der Waals surface area contributed by atoms with Crippen molar-refractivity contribution in [2.45, 2.75) is 6.92 Å². The van der Waals surface area contributed by atoms with Crippen LogP contribution in [0.15, 0.2) is 12.1 Å². The van der Waals surface area contributed by atoms with Gasteiger partial charge in [0.2, 0.25) is 0 Å². The van der Waals surface area contributed by atoms with Crippen molar-refractivity contribution < 1.29 is 9.72 Å². The highest BCUT2D eigenvalue weighted by Gasteiger charge is 2.19. The second kappa shape index (κ2) is 3.91. The topological polar surface area (TPSA) is 86.2 Å². The molecular weight excluding hydrogens is 299 g/mol. The molecule has 1 rings (SSSR count). The van der Waals surface area contributed by atoms with Gasteiger partial charge in [0.25, 0.3) is 5.69 Å². The normalized spacial score (nSPS) is 9.86. The molecule has 0 heterocycles. The molecule has 1 aromatic carbocycles. The molecule has 0 saturated heterocycles. The lowest BCUT2D eigenvalue weighted by Gasteiger charge is -2.02. The molecule has 0 saturated carbocycles. The molecular formula is C8H7IN2O3. The summed E-state index contributed by atoms with van der Waals surface area (Å²) in [4.78, 5) is 21.1. The number of nitrogen functional groups attached to an aromatic ring is 1. The molecule has 0 atom stereocenters. The van der Waals surface area contributed by atoms with Crippen LogP contribution in [0.3, 0.4) is 0 Å². The molecule has 0 aliphatic heterocycles. The van der Waals surface area contributed by atoms with Gasteiger partial charge in [-0.05, 0) is 35.6 Å². The number of halogens is 1. The van der Waals surface area contributed by atoms with Crippen molar-refractivity contribution >= 4 is 39.7 Å². The average Bonchev–Trinajstić information content (AvgIpc) is 2.08. The Kier molecular flexibility index (Phi) is 3.04. The summed E-state index contributed by atoms with van der Waals surface area (Å²) in [6.07, 6.45) is 0. The number of rotatable bonds is 2. The van der Waals surface area contributed by atoms with E-state index in [1.54, 1.807) is 0 Å². The fraction of sp³-hybridized carbons (Fsp3) is 0.125. The Morgan fingerprint density at radius 1 is 1.57 bits per heavy atom. The molecule has 2 N–H and O–H groups in total. The van der Waals surface area contributed by atoms with E-state index in [1.165, 1.54) is 19.1 Å². The highest BCUT2D eigenvalue weighted by molar-refractivity contribution is 14.1. The molecule has 0 bridgehead atoms. The van der Waals surface area contributed by atoms with E-state index >= 15 is 0 Å². The van der Waals surface area contributed by atoms with Gasteiger partial charge in [0, 0.05) is 15.3 Å². The SMILES string of the molecule is CC(=O)c1cc(N)c(I)cc1[N+](=O)[O-]. The average molecular weight is 306 g/mol.